The largest absolute Gasteiger partial charge is 0.333 e. The molecule has 0 fully saturated rings. The van der Waals surface area contributed by atoms with Crippen LogP contribution in [0.25, 0.3) is 0 Å². The van der Waals surface area contributed by atoms with Crippen LogP contribution in [-0.4, -0.2) is 32.0 Å². The molecule has 0 aliphatic carbocycles. The molecule has 4 rings (SSSR count). The lowest BCUT2D eigenvalue weighted by molar-refractivity contribution is 0.0729. The fourth-order valence-electron chi connectivity index (χ4n) is 3.07. The lowest BCUT2D eigenvalue weighted by Gasteiger charge is -2.28. The zero-order valence-corrected chi connectivity index (χ0v) is 15.8. The van der Waals surface area contributed by atoms with Gasteiger partial charge >= 0.3 is 0 Å². The Balaban J connectivity index is 1.52. The number of carbonyl (C=O) groups excluding carboxylic acids is 2. The van der Waals surface area contributed by atoms with Gasteiger partial charge in [0.2, 0.25) is 0 Å². The number of nitrogens with zero attached hydrogens (tertiary/aromatic N) is 3. The van der Waals surface area contributed by atoms with Crippen molar-refractivity contribution in [3.05, 3.63) is 76.1 Å². The van der Waals surface area contributed by atoms with E-state index in [2.05, 4.69) is 14.1 Å². The quantitative estimate of drug-likeness (QED) is 0.730. The highest BCUT2D eigenvalue weighted by Gasteiger charge is 2.23. The first-order valence-electron chi connectivity index (χ1n) is 8.36. The van der Waals surface area contributed by atoms with Crippen LogP contribution in [0.4, 0.5) is 5.69 Å². The molecule has 1 N–H and O–H groups in total. The lowest BCUT2D eigenvalue weighted by Crippen LogP contribution is -2.36. The second-order valence-corrected chi connectivity index (χ2v) is 7.15. The van der Waals surface area contributed by atoms with Crippen LogP contribution in [0.15, 0.2) is 48.7 Å². The smallest absolute Gasteiger partial charge is 0.275 e. The van der Waals surface area contributed by atoms with E-state index in [1.54, 1.807) is 29.2 Å². The van der Waals surface area contributed by atoms with Crippen LogP contribution in [0.3, 0.4) is 0 Å². The maximum Gasteiger partial charge on any atom is 0.275 e. The molecule has 0 bridgehead atoms. The van der Waals surface area contributed by atoms with Crippen molar-refractivity contribution in [2.75, 3.05) is 11.9 Å². The molecule has 0 atom stereocenters. The van der Waals surface area contributed by atoms with Crippen molar-refractivity contribution < 1.29 is 9.59 Å². The summed E-state index contributed by atoms with van der Waals surface area (Å²) in [6, 6.07) is 12.7. The van der Waals surface area contributed by atoms with Crippen molar-refractivity contribution in [1.29, 1.82) is 0 Å². The van der Waals surface area contributed by atoms with Crippen molar-refractivity contribution in [1.82, 2.24) is 13.6 Å². The van der Waals surface area contributed by atoms with Crippen LogP contribution in [0.1, 0.15) is 32.0 Å². The molecule has 0 unspecified atom stereocenters. The molecule has 3 aromatic rings. The van der Waals surface area contributed by atoms with Gasteiger partial charge in [0, 0.05) is 18.8 Å². The molecule has 0 spiro atoms. The van der Waals surface area contributed by atoms with E-state index in [0.29, 0.717) is 35.1 Å². The zero-order valence-electron chi connectivity index (χ0n) is 14.2. The number of hydrogen-bond donors (Lipinski definition) is 1. The Morgan fingerprint density at radius 1 is 1.15 bits per heavy atom. The molecule has 1 aromatic heterocycles. The molecule has 6 nitrogen and oxygen atoms in total. The SMILES string of the molecule is O=C(Nc1ccc2c(c1)CN(C(=O)c1cnsn1)CC2)c1ccccc1Cl. The van der Waals surface area contributed by atoms with E-state index in [4.69, 9.17) is 11.6 Å². The lowest BCUT2D eigenvalue weighted by atomic mass is 9.98. The van der Waals surface area contributed by atoms with Gasteiger partial charge in [-0.05, 0) is 41.8 Å². The van der Waals surface area contributed by atoms with Gasteiger partial charge in [0.1, 0.15) is 0 Å². The minimum Gasteiger partial charge on any atom is -0.333 e. The van der Waals surface area contributed by atoms with Crippen LogP contribution in [0.5, 0.6) is 0 Å². The Morgan fingerprint density at radius 3 is 2.78 bits per heavy atom. The topological polar surface area (TPSA) is 75.2 Å². The van der Waals surface area contributed by atoms with Crippen molar-refractivity contribution >= 4 is 40.8 Å². The Labute approximate surface area is 165 Å². The first kappa shape index (κ1) is 17.6. The van der Waals surface area contributed by atoms with Gasteiger partial charge in [0.15, 0.2) is 5.69 Å². The second kappa shape index (κ2) is 7.46. The average Bonchev–Trinajstić information content (AvgIpc) is 3.22. The standard InChI is InChI=1S/C19H15ClN4O2S/c20-16-4-2-1-3-15(16)18(25)22-14-6-5-12-7-8-24(11-13(12)9-14)19(26)17-10-21-27-23-17/h1-6,9-10H,7-8,11H2,(H,22,25). The van der Waals surface area contributed by atoms with Gasteiger partial charge < -0.3 is 10.2 Å². The van der Waals surface area contributed by atoms with Gasteiger partial charge in [-0.2, -0.15) is 8.75 Å². The Bertz CT molecular complexity index is 1010. The summed E-state index contributed by atoms with van der Waals surface area (Å²) >= 11 is 7.11. The van der Waals surface area contributed by atoms with Crippen LogP contribution in [-0.2, 0) is 13.0 Å². The number of nitrogens with one attached hydrogen (secondary N) is 1. The van der Waals surface area contributed by atoms with Crippen LogP contribution >= 0.6 is 23.3 Å². The highest BCUT2D eigenvalue weighted by molar-refractivity contribution is 6.99. The molecule has 1 aliphatic heterocycles. The summed E-state index contributed by atoms with van der Waals surface area (Å²) in [7, 11) is 0. The third-order valence-corrected chi connectivity index (χ3v) is 5.27. The average molecular weight is 399 g/mol. The number of halogens is 1. The summed E-state index contributed by atoms with van der Waals surface area (Å²) < 4.78 is 7.91. The van der Waals surface area contributed by atoms with Gasteiger partial charge in [0.25, 0.3) is 11.8 Å². The van der Waals surface area contributed by atoms with Gasteiger partial charge in [0.05, 0.1) is 28.5 Å². The number of fused-ring (bicyclic) bond motifs is 1. The highest BCUT2D eigenvalue weighted by Crippen LogP contribution is 2.25. The zero-order chi connectivity index (χ0) is 18.8. The van der Waals surface area contributed by atoms with Crippen LogP contribution in [0, 0.1) is 0 Å². The molecule has 1 aliphatic rings. The van der Waals surface area contributed by atoms with E-state index in [0.717, 1.165) is 23.7 Å². The van der Waals surface area contributed by atoms with E-state index in [1.807, 2.05) is 18.2 Å². The Kier molecular flexibility index (Phi) is 4.87. The minimum atomic E-state index is -0.266. The Hall–Kier alpha value is -2.77. The molecule has 27 heavy (non-hydrogen) atoms. The number of hydrogen-bond acceptors (Lipinski definition) is 5. The van der Waals surface area contributed by atoms with Crippen molar-refractivity contribution in [2.24, 2.45) is 0 Å². The molecular formula is C19H15ClN4O2S. The molecule has 8 heteroatoms. The van der Waals surface area contributed by atoms with E-state index >= 15 is 0 Å². The molecule has 0 saturated heterocycles. The summed E-state index contributed by atoms with van der Waals surface area (Å²) in [5, 5.41) is 3.28. The summed E-state index contributed by atoms with van der Waals surface area (Å²) in [6.45, 7) is 1.11. The molecule has 136 valence electrons. The first-order chi connectivity index (χ1) is 13.1. The fraction of sp³-hybridized carbons (Fsp3) is 0.158. The Morgan fingerprint density at radius 2 is 2.00 bits per heavy atom. The maximum absolute atomic E-state index is 12.5. The number of benzene rings is 2. The highest BCUT2D eigenvalue weighted by atomic mass is 35.5. The van der Waals surface area contributed by atoms with E-state index in [9.17, 15) is 9.59 Å². The molecule has 2 amide bonds. The monoisotopic (exact) mass is 398 g/mol. The summed E-state index contributed by atoms with van der Waals surface area (Å²) in [5.41, 5.74) is 3.64. The van der Waals surface area contributed by atoms with E-state index in [1.165, 1.54) is 11.8 Å². The van der Waals surface area contributed by atoms with Crippen LogP contribution < -0.4 is 5.32 Å². The summed E-state index contributed by atoms with van der Waals surface area (Å²) in [5.74, 6) is -0.391. The normalized spacial score (nSPS) is 13.1. The third-order valence-electron chi connectivity index (χ3n) is 4.46. The van der Waals surface area contributed by atoms with Gasteiger partial charge in [-0.1, -0.05) is 29.8 Å². The van der Waals surface area contributed by atoms with E-state index in [-0.39, 0.29) is 11.8 Å². The summed E-state index contributed by atoms with van der Waals surface area (Å²) in [4.78, 5) is 26.7. The molecule has 2 aromatic carbocycles. The molecule has 2 heterocycles. The number of carbonyl (C=O) groups is 2. The van der Waals surface area contributed by atoms with Gasteiger partial charge in [-0.3, -0.25) is 9.59 Å². The molecular weight excluding hydrogens is 384 g/mol. The van der Waals surface area contributed by atoms with Crippen LogP contribution in [0.2, 0.25) is 5.02 Å². The predicted octanol–water partition coefficient (Wildman–Crippen LogP) is 3.64. The number of anilines is 1. The van der Waals surface area contributed by atoms with Crippen molar-refractivity contribution in [3.8, 4) is 0 Å². The molecule has 0 radical (unpaired) electrons. The van der Waals surface area contributed by atoms with Gasteiger partial charge in [-0.25, -0.2) is 0 Å². The molecule has 0 saturated carbocycles. The number of amides is 2. The first-order valence-corrected chi connectivity index (χ1v) is 9.47. The van der Waals surface area contributed by atoms with Crippen molar-refractivity contribution in [2.45, 2.75) is 13.0 Å². The predicted molar refractivity (Wildman–Crippen MR) is 104 cm³/mol. The minimum absolute atomic E-state index is 0.125. The van der Waals surface area contributed by atoms with Crippen molar-refractivity contribution in [3.63, 3.8) is 0 Å². The summed E-state index contributed by atoms with van der Waals surface area (Å²) in [6.07, 6.45) is 2.25. The number of rotatable bonds is 3. The fourth-order valence-corrected chi connectivity index (χ4v) is 3.70. The maximum atomic E-state index is 12.5. The third kappa shape index (κ3) is 3.70. The second-order valence-electron chi connectivity index (χ2n) is 6.19. The van der Waals surface area contributed by atoms with Gasteiger partial charge in [-0.15, -0.1) is 0 Å². The van der Waals surface area contributed by atoms with E-state index < -0.39 is 0 Å². The number of aromatic nitrogens is 2.